The number of nitrogens with zero attached hydrogens (tertiary/aromatic N) is 1. The summed E-state index contributed by atoms with van der Waals surface area (Å²) in [5.41, 5.74) is 0. The first-order valence-corrected chi connectivity index (χ1v) is 8.13. The Morgan fingerprint density at radius 1 is 0.950 bits per heavy atom. The van der Waals surface area contributed by atoms with Gasteiger partial charge < -0.3 is 4.90 Å². The maximum absolute atomic E-state index is 12.6. The van der Waals surface area contributed by atoms with E-state index < -0.39 is 0 Å². The lowest BCUT2D eigenvalue weighted by Gasteiger charge is -2.23. The summed E-state index contributed by atoms with van der Waals surface area (Å²) in [5, 5.41) is 0. The Kier molecular flexibility index (Phi) is 2.95. The van der Waals surface area contributed by atoms with Crippen LogP contribution in [0.5, 0.6) is 0 Å². The third kappa shape index (κ3) is 1.77. The minimum absolute atomic E-state index is 0.0242. The van der Waals surface area contributed by atoms with Gasteiger partial charge in [-0.3, -0.25) is 9.59 Å². The van der Waals surface area contributed by atoms with Crippen molar-refractivity contribution in [1.29, 1.82) is 0 Å². The Balaban J connectivity index is 1.50. The number of allylic oxidation sites excluding steroid dienone is 2. The smallest absolute Gasteiger partial charge is 0.238 e. The van der Waals surface area contributed by atoms with Crippen molar-refractivity contribution in [2.75, 3.05) is 19.8 Å². The molecule has 108 valence electrons. The average molecular weight is 275 g/mol. The van der Waals surface area contributed by atoms with Gasteiger partial charge in [0.1, 0.15) is 0 Å². The van der Waals surface area contributed by atoms with Crippen LogP contribution < -0.4 is 4.90 Å². The molecule has 3 fully saturated rings. The van der Waals surface area contributed by atoms with Crippen LogP contribution >= 0.6 is 0 Å². The van der Waals surface area contributed by atoms with Gasteiger partial charge in [-0.05, 0) is 43.9 Å². The first-order valence-electron chi connectivity index (χ1n) is 8.13. The zero-order valence-electron chi connectivity index (χ0n) is 11.9. The number of carbonyl (C=O) groups excluding carboxylic acids is 2. The molecule has 1 N–H and O–H groups in total. The summed E-state index contributed by atoms with van der Waals surface area (Å²) >= 11 is 0. The number of amides is 2. The molecule has 2 amide bonds. The third-order valence-electron chi connectivity index (χ3n) is 5.75. The van der Waals surface area contributed by atoms with Crippen LogP contribution in [0.2, 0.25) is 0 Å². The topological polar surface area (TPSA) is 41.8 Å². The van der Waals surface area contributed by atoms with Crippen LogP contribution in [0.1, 0.15) is 32.1 Å². The molecule has 4 aliphatic rings. The Hall–Kier alpha value is -1.16. The second-order valence-electron chi connectivity index (χ2n) is 6.93. The zero-order valence-corrected chi connectivity index (χ0v) is 11.9. The van der Waals surface area contributed by atoms with Gasteiger partial charge in [0.25, 0.3) is 0 Å². The summed E-state index contributed by atoms with van der Waals surface area (Å²) in [6.45, 7) is 2.83. The molecular formula is C16H23N2O2+. The number of hydrogen-bond acceptors (Lipinski definition) is 2. The number of quaternary nitrogens is 1. The van der Waals surface area contributed by atoms with Crippen molar-refractivity contribution in [1.82, 2.24) is 4.90 Å². The van der Waals surface area contributed by atoms with Gasteiger partial charge in [0.2, 0.25) is 11.8 Å². The number of fused-ring (bicyclic) bond motifs is 5. The minimum Gasteiger partial charge on any atom is -0.317 e. The molecule has 1 saturated carbocycles. The highest BCUT2D eigenvalue weighted by atomic mass is 16.2. The molecule has 0 spiro atoms. The maximum Gasteiger partial charge on any atom is 0.238 e. The monoisotopic (exact) mass is 275 g/mol. The highest BCUT2D eigenvalue weighted by Gasteiger charge is 2.59. The summed E-state index contributed by atoms with van der Waals surface area (Å²) < 4.78 is 0. The van der Waals surface area contributed by atoms with E-state index in [-0.39, 0.29) is 23.7 Å². The number of likely N-dealkylation sites (tertiary alicyclic amines) is 2. The van der Waals surface area contributed by atoms with Crippen LogP contribution in [0.3, 0.4) is 0 Å². The van der Waals surface area contributed by atoms with Crippen molar-refractivity contribution in [3.8, 4) is 0 Å². The highest BCUT2D eigenvalue weighted by Crippen LogP contribution is 2.52. The van der Waals surface area contributed by atoms with Gasteiger partial charge in [0, 0.05) is 0 Å². The number of hydrogen-bond donors (Lipinski definition) is 1. The van der Waals surface area contributed by atoms with Gasteiger partial charge in [-0.15, -0.1) is 0 Å². The van der Waals surface area contributed by atoms with Gasteiger partial charge >= 0.3 is 0 Å². The van der Waals surface area contributed by atoms with E-state index >= 15 is 0 Å². The van der Waals surface area contributed by atoms with E-state index in [1.54, 1.807) is 4.90 Å². The fourth-order valence-corrected chi connectivity index (χ4v) is 4.73. The molecule has 0 aromatic heterocycles. The van der Waals surface area contributed by atoms with E-state index in [0.29, 0.717) is 18.5 Å². The summed E-state index contributed by atoms with van der Waals surface area (Å²) in [5.74, 6) is 0.867. The van der Waals surface area contributed by atoms with Crippen LogP contribution in [0.4, 0.5) is 0 Å². The molecule has 0 radical (unpaired) electrons. The van der Waals surface area contributed by atoms with Crippen LogP contribution in [0.25, 0.3) is 0 Å². The average Bonchev–Trinajstić information content (AvgIpc) is 3.04. The van der Waals surface area contributed by atoms with Crippen LogP contribution in [-0.4, -0.2) is 36.5 Å². The van der Waals surface area contributed by atoms with E-state index in [4.69, 9.17) is 0 Å². The summed E-state index contributed by atoms with van der Waals surface area (Å²) in [7, 11) is 0. The maximum atomic E-state index is 12.6. The van der Waals surface area contributed by atoms with E-state index in [0.717, 1.165) is 19.5 Å². The zero-order chi connectivity index (χ0) is 13.7. The molecule has 0 aromatic carbocycles. The van der Waals surface area contributed by atoms with Crippen molar-refractivity contribution in [3.63, 3.8) is 0 Å². The molecule has 2 aliphatic heterocycles. The van der Waals surface area contributed by atoms with E-state index in [1.807, 2.05) is 0 Å². The summed E-state index contributed by atoms with van der Waals surface area (Å²) in [6, 6.07) is 0. The summed E-state index contributed by atoms with van der Waals surface area (Å²) in [4.78, 5) is 28.2. The SMILES string of the molecule is O=C1C2C3C=CC(C3)C2C(=O)N1C[NH+]1CCCCCC1. The standard InChI is InChI=1S/C16H22N2O2/c19-15-13-11-5-6-12(9-11)14(13)16(20)18(15)10-17-7-3-1-2-4-8-17/h5-6,11-14H,1-4,7-10H2/p+1. The normalized spacial score (nSPS) is 40.5. The molecule has 4 nitrogen and oxygen atoms in total. The molecule has 0 aromatic rings. The quantitative estimate of drug-likeness (QED) is 0.578. The molecule has 4 heteroatoms. The molecule has 4 atom stereocenters. The Labute approximate surface area is 119 Å². The van der Waals surface area contributed by atoms with Crippen molar-refractivity contribution < 1.29 is 14.5 Å². The second kappa shape index (κ2) is 4.69. The first-order chi connectivity index (χ1) is 9.75. The van der Waals surface area contributed by atoms with Crippen molar-refractivity contribution in [2.24, 2.45) is 23.7 Å². The predicted molar refractivity (Wildman–Crippen MR) is 73.6 cm³/mol. The number of nitrogens with one attached hydrogen (secondary N) is 1. The Morgan fingerprint density at radius 3 is 2.05 bits per heavy atom. The minimum atomic E-state index is -0.0242. The fraction of sp³-hybridized carbons (Fsp3) is 0.750. The highest BCUT2D eigenvalue weighted by molar-refractivity contribution is 6.06. The van der Waals surface area contributed by atoms with E-state index in [1.165, 1.54) is 30.6 Å². The van der Waals surface area contributed by atoms with Crippen LogP contribution in [0, 0.1) is 23.7 Å². The van der Waals surface area contributed by atoms with Gasteiger partial charge in [-0.1, -0.05) is 12.2 Å². The largest absolute Gasteiger partial charge is 0.317 e. The van der Waals surface area contributed by atoms with Crippen molar-refractivity contribution in [2.45, 2.75) is 32.1 Å². The van der Waals surface area contributed by atoms with Gasteiger partial charge in [-0.25, -0.2) is 4.90 Å². The molecule has 2 bridgehead atoms. The first kappa shape index (κ1) is 12.6. The van der Waals surface area contributed by atoms with Crippen molar-refractivity contribution >= 4 is 11.8 Å². The number of rotatable bonds is 2. The molecule has 20 heavy (non-hydrogen) atoms. The molecule has 2 heterocycles. The van der Waals surface area contributed by atoms with Crippen molar-refractivity contribution in [3.05, 3.63) is 12.2 Å². The van der Waals surface area contributed by atoms with Gasteiger partial charge in [0.05, 0.1) is 24.9 Å². The lowest BCUT2D eigenvalue weighted by molar-refractivity contribution is -0.906. The lowest BCUT2D eigenvalue weighted by Crippen LogP contribution is -3.13. The Bertz CT molecular complexity index is 435. The van der Waals surface area contributed by atoms with Crippen LogP contribution in [-0.2, 0) is 9.59 Å². The molecular weight excluding hydrogens is 252 g/mol. The fourth-order valence-electron chi connectivity index (χ4n) is 4.73. The van der Waals surface area contributed by atoms with Crippen LogP contribution in [0.15, 0.2) is 12.2 Å². The molecule has 4 rings (SSSR count). The molecule has 2 saturated heterocycles. The van der Waals surface area contributed by atoms with Gasteiger partial charge in [-0.2, -0.15) is 0 Å². The Morgan fingerprint density at radius 2 is 1.50 bits per heavy atom. The number of imide groups is 1. The predicted octanol–water partition coefficient (Wildman–Crippen LogP) is 0.210. The second-order valence-corrected chi connectivity index (χ2v) is 6.93. The molecule has 2 aliphatic carbocycles. The van der Waals surface area contributed by atoms with Gasteiger partial charge in [0.15, 0.2) is 6.67 Å². The lowest BCUT2D eigenvalue weighted by atomic mass is 9.85. The molecule has 4 unspecified atom stereocenters. The summed E-state index contributed by atoms with van der Waals surface area (Å²) in [6.07, 6.45) is 10.4. The van der Waals surface area contributed by atoms with E-state index in [2.05, 4.69) is 12.2 Å². The third-order valence-corrected chi connectivity index (χ3v) is 5.75. The number of carbonyl (C=O) groups is 2. The van der Waals surface area contributed by atoms with E-state index in [9.17, 15) is 9.59 Å².